The summed E-state index contributed by atoms with van der Waals surface area (Å²) in [5.74, 6) is -5.98. The maximum atomic E-state index is 10.1. The zero-order valence-electron chi connectivity index (χ0n) is 10.2. The van der Waals surface area contributed by atoms with E-state index in [1.807, 2.05) is 0 Å². The number of carboxylic acid groups (broad SMARTS) is 3. The normalized spacial score (nSPS) is 8.17. The van der Waals surface area contributed by atoms with Crippen LogP contribution in [0.1, 0.15) is 12.8 Å². The van der Waals surface area contributed by atoms with Crippen molar-refractivity contribution in [2.75, 3.05) is 0 Å². The summed E-state index contributed by atoms with van der Waals surface area (Å²) in [6.45, 7) is 0. The minimum Gasteiger partial charge on any atom is -0.550 e. The fourth-order valence-electron chi connectivity index (χ4n) is 0.684. The van der Waals surface area contributed by atoms with E-state index in [2.05, 4.69) is 0 Å². The first-order valence-electron chi connectivity index (χ1n) is 3.31. The maximum absolute atomic E-state index is 10.1. The Bertz CT molecular complexity index is 241. The van der Waals surface area contributed by atoms with Gasteiger partial charge in [-0.25, -0.2) is 0 Å². The van der Waals surface area contributed by atoms with Crippen molar-refractivity contribution in [2.24, 2.45) is 0 Å². The van der Waals surface area contributed by atoms with Crippen LogP contribution in [0, 0.1) is 0 Å². The van der Waals surface area contributed by atoms with Gasteiger partial charge in [0.25, 0.3) is 0 Å². The van der Waals surface area contributed by atoms with Gasteiger partial charge in [-0.2, -0.15) is 0 Å². The number of carbonyl (C=O) groups excluding carboxylic acids is 3. The van der Waals surface area contributed by atoms with E-state index in [9.17, 15) is 29.7 Å². The van der Waals surface area contributed by atoms with Crippen LogP contribution in [0.15, 0.2) is 0 Å². The standard InChI is InChI=1S/C6H8O7.3Na.H2O2/c7-3(8)1-6(13,5(11)12)2-4(9)10;;;;1-2/h13H,1-2H2,(H,7,8)(H,9,10)(H,11,12);;;;1-2H/q;3*+1;/p-3. The minimum absolute atomic E-state index is 0. The third-order valence-corrected chi connectivity index (χ3v) is 1.25. The second-order valence-corrected chi connectivity index (χ2v) is 2.42. The second-order valence-electron chi connectivity index (χ2n) is 2.42. The van der Waals surface area contributed by atoms with E-state index in [1.165, 1.54) is 0 Å². The molecule has 0 rings (SSSR count). The number of hydrogen-bond donors (Lipinski definition) is 3. The molecule has 0 fully saturated rings. The van der Waals surface area contributed by atoms with Crippen LogP contribution in [-0.4, -0.2) is 39.1 Å². The van der Waals surface area contributed by atoms with Crippen molar-refractivity contribution < 1.29 is 134 Å². The number of carbonyl (C=O) groups is 3. The van der Waals surface area contributed by atoms with Crippen LogP contribution in [0.3, 0.4) is 0 Å². The first-order valence-corrected chi connectivity index (χ1v) is 3.31. The molecule has 9 nitrogen and oxygen atoms in total. The smallest absolute Gasteiger partial charge is 0.550 e. The van der Waals surface area contributed by atoms with Crippen LogP contribution in [0.25, 0.3) is 0 Å². The average molecular weight is 292 g/mol. The molecule has 0 amide bonds. The Labute approximate surface area is 168 Å². The molecule has 88 valence electrons. The molecule has 18 heavy (non-hydrogen) atoms. The zero-order valence-corrected chi connectivity index (χ0v) is 16.2. The molecule has 0 heterocycles. The molecular formula is C6H7Na3O9. The summed E-state index contributed by atoms with van der Waals surface area (Å²) in [7, 11) is 0. The van der Waals surface area contributed by atoms with Crippen LogP contribution in [0.4, 0.5) is 0 Å². The molecule has 0 aromatic carbocycles. The molecule has 0 aliphatic rings. The Morgan fingerprint density at radius 3 is 1.17 bits per heavy atom. The molecule has 0 aliphatic heterocycles. The fourth-order valence-corrected chi connectivity index (χ4v) is 0.684. The Morgan fingerprint density at radius 1 is 0.833 bits per heavy atom. The quantitative estimate of drug-likeness (QED) is 0.251. The van der Waals surface area contributed by atoms with Gasteiger partial charge in [0, 0.05) is 24.8 Å². The van der Waals surface area contributed by atoms with Crippen molar-refractivity contribution in [3.8, 4) is 0 Å². The molecule has 0 unspecified atom stereocenters. The van der Waals surface area contributed by atoms with Crippen LogP contribution in [0.5, 0.6) is 0 Å². The summed E-state index contributed by atoms with van der Waals surface area (Å²) in [5, 5.41) is 50.9. The molecule has 0 saturated heterocycles. The van der Waals surface area contributed by atoms with E-state index in [1.54, 1.807) is 0 Å². The molecular weight excluding hydrogens is 285 g/mol. The first-order chi connectivity index (χ1) is 6.78. The largest absolute Gasteiger partial charge is 1.00 e. The van der Waals surface area contributed by atoms with Crippen molar-refractivity contribution in [1.82, 2.24) is 0 Å². The van der Waals surface area contributed by atoms with Crippen molar-refractivity contribution in [2.45, 2.75) is 18.4 Å². The second kappa shape index (κ2) is 16.3. The van der Waals surface area contributed by atoms with Gasteiger partial charge in [0.1, 0.15) is 5.60 Å². The monoisotopic (exact) mass is 292 g/mol. The number of rotatable bonds is 5. The molecule has 0 bridgehead atoms. The number of aliphatic carboxylic acids is 3. The fraction of sp³-hybridized carbons (Fsp3) is 0.500. The van der Waals surface area contributed by atoms with Gasteiger partial charge < -0.3 is 34.8 Å². The molecule has 0 aromatic rings. The van der Waals surface area contributed by atoms with E-state index in [0.717, 1.165) is 0 Å². The van der Waals surface area contributed by atoms with E-state index in [4.69, 9.17) is 15.6 Å². The Morgan fingerprint density at radius 2 is 1.06 bits per heavy atom. The molecule has 3 N–H and O–H groups in total. The van der Waals surface area contributed by atoms with E-state index >= 15 is 0 Å². The summed E-state index contributed by atoms with van der Waals surface area (Å²) >= 11 is 0. The van der Waals surface area contributed by atoms with Crippen molar-refractivity contribution >= 4 is 17.9 Å². The molecule has 0 aliphatic carbocycles. The van der Waals surface area contributed by atoms with Crippen LogP contribution in [-0.2, 0) is 14.4 Å². The molecule has 0 spiro atoms. The number of aliphatic hydroxyl groups is 1. The Hall–Kier alpha value is 1.29. The molecule has 0 radical (unpaired) electrons. The van der Waals surface area contributed by atoms with Crippen molar-refractivity contribution in [3.63, 3.8) is 0 Å². The van der Waals surface area contributed by atoms with E-state index in [0.29, 0.717) is 0 Å². The van der Waals surface area contributed by atoms with Gasteiger partial charge in [-0.05, 0) is 0 Å². The molecule has 0 saturated carbocycles. The van der Waals surface area contributed by atoms with Gasteiger partial charge in [0.05, 0.1) is 5.97 Å². The molecule has 0 atom stereocenters. The topological polar surface area (TPSA) is 181 Å². The van der Waals surface area contributed by atoms with Crippen LogP contribution >= 0.6 is 0 Å². The number of hydrogen-bond acceptors (Lipinski definition) is 9. The van der Waals surface area contributed by atoms with E-state index < -0.39 is 36.4 Å². The summed E-state index contributed by atoms with van der Waals surface area (Å²) in [4.78, 5) is 30.0. The molecule has 0 aromatic heterocycles. The van der Waals surface area contributed by atoms with Crippen molar-refractivity contribution in [1.29, 1.82) is 0 Å². The third-order valence-electron chi connectivity index (χ3n) is 1.25. The zero-order chi connectivity index (χ0) is 12.6. The van der Waals surface area contributed by atoms with Gasteiger partial charge in [-0.3, -0.25) is 10.5 Å². The predicted molar refractivity (Wildman–Crippen MR) is 34.5 cm³/mol. The number of carboxylic acids is 3. The van der Waals surface area contributed by atoms with Crippen LogP contribution < -0.4 is 104 Å². The van der Waals surface area contributed by atoms with Gasteiger partial charge in [-0.15, -0.1) is 0 Å². The molecule has 12 heteroatoms. The predicted octanol–water partition coefficient (Wildman–Crippen LogP) is -14.2. The Balaban J connectivity index is -0.000000107. The summed E-state index contributed by atoms with van der Waals surface area (Å²) in [5.41, 5.74) is -2.97. The van der Waals surface area contributed by atoms with Gasteiger partial charge in [0.2, 0.25) is 0 Å². The van der Waals surface area contributed by atoms with Gasteiger partial charge >= 0.3 is 88.7 Å². The Kier molecular flexibility index (Phi) is 28.7. The third kappa shape index (κ3) is 15.3. The van der Waals surface area contributed by atoms with E-state index in [-0.39, 0.29) is 88.7 Å². The summed E-state index contributed by atoms with van der Waals surface area (Å²) in [6, 6.07) is 0. The SMILES string of the molecule is O=C([O-])CC(O)(CC(=O)[O-])C(=O)[O-].OO.[Na+].[Na+].[Na+]. The van der Waals surface area contributed by atoms with Crippen molar-refractivity contribution in [3.05, 3.63) is 0 Å². The van der Waals surface area contributed by atoms with Crippen LogP contribution in [0.2, 0.25) is 0 Å². The summed E-state index contributed by atoms with van der Waals surface area (Å²) < 4.78 is 0. The average Bonchev–Trinajstić information content (AvgIpc) is 2.04. The maximum Gasteiger partial charge on any atom is 1.00 e. The summed E-state index contributed by atoms with van der Waals surface area (Å²) in [6.07, 6.45) is -2.72. The minimum atomic E-state index is -2.97. The van der Waals surface area contributed by atoms with Gasteiger partial charge in [-0.1, -0.05) is 0 Å². The van der Waals surface area contributed by atoms with Gasteiger partial charge in [0.15, 0.2) is 0 Å². The first kappa shape index (κ1) is 31.6.